The number of fused-ring (bicyclic) bond motifs is 1. The molecule has 1 aliphatic rings. The Morgan fingerprint density at radius 1 is 0.906 bits per heavy atom. The van der Waals surface area contributed by atoms with Gasteiger partial charge in [0.2, 0.25) is 0 Å². The van der Waals surface area contributed by atoms with E-state index in [0.717, 1.165) is 66.1 Å². The van der Waals surface area contributed by atoms with Gasteiger partial charge in [0.05, 0.1) is 0 Å². The minimum Gasteiger partial charge on any atom is -0.399 e. The van der Waals surface area contributed by atoms with Crippen molar-refractivity contribution in [3.8, 4) is 22.3 Å². The molecule has 0 bridgehead atoms. The van der Waals surface area contributed by atoms with Crippen molar-refractivity contribution < 1.29 is 0 Å². The maximum Gasteiger partial charge on any atom is 0.137 e. The van der Waals surface area contributed by atoms with Gasteiger partial charge in [0.1, 0.15) is 5.65 Å². The minimum absolute atomic E-state index is 0.766. The van der Waals surface area contributed by atoms with Crippen molar-refractivity contribution in [1.82, 2.24) is 19.8 Å². The van der Waals surface area contributed by atoms with Gasteiger partial charge in [-0.2, -0.15) is 0 Å². The van der Waals surface area contributed by atoms with Gasteiger partial charge in [-0.3, -0.25) is 4.90 Å². The highest BCUT2D eigenvalue weighted by Crippen LogP contribution is 2.31. The predicted molar refractivity (Wildman–Crippen MR) is 136 cm³/mol. The number of aromatic amines is 1. The third-order valence-corrected chi connectivity index (χ3v) is 6.02. The van der Waals surface area contributed by atoms with Gasteiger partial charge in [-0.15, -0.1) is 0 Å². The van der Waals surface area contributed by atoms with Crippen LogP contribution < -0.4 is 5.73 Å². The number of rotatable bonds is 4. The number of anilines is 1. The van der Waals surface area contributed by atoms with Crippen molar-refractivity contribution in [3.63, 3.8) is 0 Å². The van der Waals surface area contributed by atoms with Gasteiger partial charge >= 0.3 is 0 Å². The molecule has 0 amide bonds. The molecule has 4 aromatic rings. The second-order valence-electron chi connectivity index (χ2n) is 8.22. The topological polar surface area (TPSA) is 61.2 Å². The van der Waals surface area contributed by atoms with Gasteiger partial charge < -0.3 is 15.6 Å². The number of H-pyrrole nitrogens is 1. The van der Waals surface area contributed by atoms with Gasteiger partial charge in [0.25, 0.3) is 0 Å². The molecule has 0 radical (unpaired) electrons. The molecule has 0 atom stereocenters. The molecule has 1 fully saturated rings. The van der Waals surface area contributed by atoms with Crippen molar-refractivity contribution in [2.24, 2.45) is 0 Å². The summed E-state index contributed by atoms with van der Waals surface area (Å²) in [5, 5.41) is 1.11. The molecule has 2 aromatic heterocycles. The smallest absolute Gasteiger partial charge is 0.137 e. The summed E-state index contributed by atoms with van der Waals surface area (Å²) in [6.07, 6.45) is 3.95. The fraction of sp³-hybridized carbons (Fsp3) is 0.296. The van der Waals surface area contributed by atoms with E-state index in [0.29, 0.717) is 0 Å². The summed E-state index contributed by atoms with van der Waals surface area (Å²) < 4.78 is 0. The Morgan fingerprint density at radius 2 is 1.66 bits per heavy atom. The normalized spacial score (nSPS) is 14.8. The zero-order valence-corrected chi connectivity index (χ0v) is 19.3. The number of likely N-dealkylation sites (N-methyl/N-ethyl adjacent to an activating group) is 1. The zero-order valence-electron chi connectivity index (χ0n) is 19.3. The Morgan fingerprint density at radius 3 is 2.38 bits per heavy atom. The van der Waals surface area contributed by atoms with Crippen molar-refractivity contribution in [2.45, 2.75) is 20.4 Å². The molecule has 2 aromatic carbocycles. The lowest BCUT2D eigenvalue weighted by Gasteiger charge is -2.32. The van der Waals surface area contributed by atoms with Crippen molar-refractivity contribution in [1.29, 1.82) is 0 Å². The number of aromatic nitrogens is 2. The van der Waals surface area contributed by atoms with E-state index >= 15 is 0 Å². The van der Waals surface area contributed by atoms with Crippen LogP contribution in [-0.2, 0) is 6.54 Å². The summed E-state index contributed by atoms with van der Waals surface area (Å²) in [6, 6.07) is 19.1. The Hall–Kier alpha value is -3.15. The number of piperazine rings is 1. The molecule has 3 heterocycles. The average molecular weight is 428 g/mol. The minimum atomic E-state index is 0.766. The molecular weight excluding hydrogens is 394 g/mol. The Balaban J connectivity index is 0.00000119. The lowest BCUT2D eigenvalue weighted by atomic mass is 10.0. The molecular formula is C27H33N5. The van der Waals surface area contributed by atoms with E-state index in [9.17, 15) is 0 Å². The summed E-state index contributed by atoms with van der Waals surface area (Å²) in [5.41, 5.74) is 13.5. The van der Waals surface area contributed by atoms with E-state index in [2.05, 4.69) is 63.2 Å². The lowest BCUT2D eigenvalue weighted by molar-refractivity contribution is 0.148. The number of hydrogen-bond donors (Lipinski definition) is 2. The number of pyridine rings is 1. The summed E-state index contributed by atoms with van der Waals surface area (Å²) in [7, 11) is 2.19. The fourth-order valence-corrected chi connectivity index (χ4v) is 4.17. The highest BCUT2D eigenvalue weighted by molar-refractivity contribution is 5.96. The van der Waals surface area contributed by atoms with Crippen LogP contribution in [0.5, 0.6) is 0 Å². The molecule has 0 saturated carbocycles. The summed E-state index contributed by atoms with van der Waals surface area (Å²) in [5.74, 6) is 0. The maximum absolute atomic E-state index is 5.99. The van der Waals surface area contributed by atoms with Crippen LogP contribution in [0.3, 0.4) is 0 Å². The molecule has 0 aliphatic carbocycles. The van der Waals surface area contributed by atoms with Gasteiger partial charge in [-0.25, -0.2) is 4.98 Å². The van der Waals surface area contributed by atoms with Crippen LogP contribution in [0.2, 0.25) is 0 Å². The molecule has 32 heavy (non-hydrogen) atoms. The predicted octanol–water partition coefficient (Wildman–Crippen LogP) is 5.25. The van der Waals surface area contributed by atoms with Gasteiger partial charge in [0.15, 0.2) is 0 Å². The molecule has 5 heteroatoms. The average Bonchev–Trinajstić information content (AvgIpc) is 3.26. The third kappa shape index (κ3) is 4.85. The monoisotopic (exact) mass is 427 g/mol. The first-order valence-electron chi connectivity index (χ1n) is 11.5. The van der Waals surface area contributed by atoms with Crippen LogP contribution in [0.15, 0.2) is 67.0 Å². The summed E-state index contributed by atoms with van der Waals surface area (Å²) in [4.78, 5) is 12.8. The maximum atomic E-state index is 5.99. The molecule has 5 nitrogen and oxygen atoms in total. The van der Waals surface area contributed by atoms with Crippen LogP contribution in [0.4, 0.5) is 5.69 Å². The molecule has 1 saturated heterocycles. The van der Waals surface area contributed by atoms with E-state index < -0.39 is 0 Å². The van der Waals surface area contributed by atoms with E-state index in [-0.39, 0.29) is 0 Å². The second-order valence-corrected chi connectivity index (χ2v) is 8.22. The summed E-state index contributed by atoms with van der Waals surface area (Å²) >= 11 is 0. The van der Waals surface area contributed by atoms with Crippen molar-refractivity contribution in [3.05, 3.63) is 72.6 Å². The zero-order chi connectivity index (χ0) is 22.5. The van der Waals surface area contributed by atoms with Crippen LogP contribution >= 0.6 is 0 Å². The summed E-state index contributed by atoms with van der Waals surface area (Å²) in [6.45, 7) is 9.59. The molecule has 166 valence electrons. The Labute approximate surface area is 190 Å². The van der Waals surface area contributed by atoms with E-state index in [4.69, 9.17) is 5.73 Å². The number of benzene rings is 2. The first-order chi connectivity index (χ1) is 15.7. The first-order valence-corrected chi connectivity index (χ1v) is 11.5. The van der Waals surface area contributed by atoms with Crippen molar-refractivity contribution in [2.75, 3.05) is 39.0 Å². The Bertz CT molecular complexity index is 1150. The number of nitrogens with two attached hydrogens (primary N) is 1. The number of hydrogen-bond acceptors (Lipinski definition) is 4. The fourth-order valence-electron chi connectivity index (χ4n) is 4.17. The molecule has 0 spiro atoms. The van der Waals surface area contributed by atoms with E-state index in [1.807, 2.05) is 44.4 Å². The van der Waals surface area contributed by atoms with Crippen LogP contribution in [0.25, 0.3) is 33.3 Å². The van der Waals surface area contributed by atoms with E-state index in [1.54, 1.807) is 0 Å². The molecule has 1 aliphatic heterocycles. The Kier molecular flexibility index (Phi) is 6.88. The van der Waals surface area contributed by atoms with Crippen LogP contribution in [-0.4, -0.2) is 53.0 Å². The highest BCUT2D eigenvalue weighted by atomic mass is 15.2. The molecule has 0 unspecified atom stereocenters. The number of nitrogens with one attached hydrogen (secondary N) is 1. The van der Waals surface area contributed by atoms with Gasteiger partial charge in [-0.1, -0.05) is 50.2 Å². The first kappa shape index (κ1) is 22.1. The highest BCUT2D eigenvalue weighted by Gasteiger charge is 2.14. The standard InChI is InChI=1S/C25H27N5.C2H6/c1-29-9-11-30(12-10-29)17-18-5-7-19(8-6-18)21-14-23-24(16-28-25(23)27-15-21)20-3-2-4-22(26)13-20;1-2/h2-8,13-16H,9-12,17,26H2,1H3,(H,27,28);1-2H3. The SMILES string of the molecule is CC.CN1CCN(Cc2ccc(-c3cnc4[nH]cc(-c5cccc(N)c5)c4c3)cc2)CC1. The molecule has 5 rings (SSSR count). The lowest BCUT2D eigenvalue weighted by Crippen LogP contribution is -2.43. The second kappa shape index (κ2) is 9.98. The van der Waals surface area contributed by atoms with Gasteiger partial charge in [0, 0.05) is 67.3 Å². The quantitative estimate of drug-likeness (QED) is 0.437. The van der Waals surface area contributed by atoms with Crippen molar-refractivity contribution >= 4 is 16.7 Å². The largest absolute Gasteiger partial charge is 0.399 e. The van der Waals surface area contributed by atoms with Gasteiger partial charge in [-0.05, 0) is 41.9 Å². The third-order valence-electron chi connectivity index (χ3n) is 6.02. The van der Waals surface area contributed by atoms with E-state index in [1.165, 1.54) is 11.1 Å². The van der Waals surface area contributed by atoms with Crippen LogP contribution in [0, 0.1) is 0 Å². The number of nitrogens with zero attached hydrogens (tertiary/aromatic N) is 3. The number of nitrogen functional groups attached to an aromatic ring is 1. The molecule has 3 N–H and O–H groups in total. The van der Waals surface area contributed by atoms with Crippen LogP contribution in [0.1, 0.15) is 19.4 Å².